The number of piperazine rings is 1. The standard InChI is InChI=1S/C21H27ClN2O3/c1-25-10-11-27-20-7-6-16(12-21(20)26-2)15-24-9-8-23-14-19(24)17-4-3-5-18(22)13-17/h3-7,12-13,19,23H,8-11,14-15H2,1-2H3. The summed E-state index contributed by atoms with van der Waals surface area (Å²) in [6, 6.07) is 14.5. The largest absolute Gasteiger partial charge is 0.493 e. The van der Waals surface area contributed by atoms with Crippen LogP contribution in [0.3, 0.4) is 0 Å². The van der Waals surface area contributed by atoms with Gasteiger partial charge in [0.2, 0.25) is 0 Å². The average Bonchev–Trinajstić information content (AvgIpc) is 2.69. The number of hydrogen-bond donors (Lipinski definition) is 1. The van der Waals surface area contributed by atoms with Crippen molar-refractivity contribution in [3.05, 3.63) is 58.6 Å². The molecule has 0 spiro atoms. The third-order valence-corrected chi connectivity index (χ3v) is 4.98. The van der Waals surface area contributed by atoms with Gasteiger partial charge in [-0.3, -0.25) is 4.90 Å². The molecule has 1 fully saturated rings. The predicted octanol–water partition coefficient (Wildman–Crippen LogP) is 3.52. The van der Waals surface area contributed by atoms with E-state index < -0.39 is 0 Å². The number of ether oxygens (including phenoxy) is 3. The summed E-state index contributed by atoms with van der Waals surface area (Å²) in [4.78, 5) is 2.47. The first-order valence-electron chi connectivity index (χ1n) is 9.20. The molecule has 3 rings (SSSR count). The van der Waals surface area contributed by atoms with Gasteiger partial charge in [-0.1, -0.05) is 29.8 Å². The summed E-state index contributed by atoms with van der Waals surface area (Å²) in [5.41, 5.74) is 2.43. The highest BCUT2D eigenvalue weighted by Crippen LogP contribution is 2.31. The molecule has 27 heavy (non-hydrogen) atoms. The molecule has 146 valence electrons. The zero-order valence-electron chi connectivity index (χ0n) is 15.9. The smallest absolute Gasteiger partial charge is 0.161 e. The van der Waals surface area contributed by atoms with Gasteiger partial charge in [-0.15, -0.1) is 0 Å². The number of hydrogen-bond acceptors (Lipinski definition) is 5. The van der Waals surface area contributed by atoms with Gasteiger partial charge < -0.3 is 19.5 Å². The molecule has 0 aromatic heterocycles. The lowest BCUT2D eigenvalue weighted by Gasteiger charge is -2.36. The third kappa shape index (κ3) is 5.36. The van der Waals surface area contributed by atoms with Crippen LogP contribution in [0.2, 0.25) is 5.02 Å². The van der Waals surface area contributed by atoms with Crippen molar-refractivity contribution in [1.82, 2.24) is 10.2 Å². The Kier molecular flexibility index (Phi) is 7.35. The predicted molar refractivity (Wildman–Crippen MR) is 108 cm³/mol. The van der Waals surface area contributed by atoms with Gasteiger partial charge in [0.15, 0.2) is 11.5 Å². The van der Waals surface area contributed by atoms with E-state index in [4.69, 9.17) is 25.8 Å². The van der Waals surface area contributed by atoms with Crippen LogP contribution in [0.25, 0.3) is 0 Å². The van der Waals surface area contributed by atoms with Gasteiger partial charge in [-0.05, 0) is 35.4 Å². The lowest BCUT2D eigenvalue weighted by Crippen LogP contribution is -2.45. The van der Waals surface area contributed by atoms with Crippen molar-refractivity contribution in [2.24, 2.45) is 0 Å². The SMILES string of the molecule is COCCOc1ccc(CN2CCNCC2c2cccc(Cl)c2)cc1OC. The second-order valence-corrected chi connectivity index (χ2v) is 7.01. The van der Waals surface area contributed by atoms with Gasteiger partial charge in [-0.2, -0.15) is 0 Å². The number of nitrogens with one attached hydrogen (secondary N) is 1. The lowest BCUT2D eigenvalue weighted by atomic mass is 10.0. The normalized spacial score (nSPS) is 17.7. The number of nitrogens with zero attached hydrogens (tertiary/aromatic N) is 1. The Morgan fingerprint density at radius 3 is 2.78 bits per heavy atom. The molecule has 0 radical (unpaired) electrons. The Morgan fingerprint density at radius 2 is 2.00 bits per heavy atom. The van der Waals surface area contributed by atoms with E-state index in [1.54, 1.807) is 14.2 Å². The van der Waals surface area contributed by atoms with Crippen molar-refractivity contribution in [2.45, 2.75) is 12.6 Å². The molecule has 1 atom stereocenters. The first-order chi connectivity index (χ1) is 13.2. The van der Waals surface area contributed by atoms with E-state index in [1.165, 1.54) is 11.1 Å². The van der Waals surface area contributed by atoms with Gasteiger partial charge >= 0.3 is 0 Å². The van der Waals surface area contributed by atoms with Crippen LogP contribution >= 0.6 is 11.6 Å². The highest BCUT2D eigenvalue weighted by atomic mass is 35.5. The van der Waals surface area contributed by atoms with Crippen LogP contribution in [0.1, 0.15) is 17.2 Å². The minimum Gasteiger partial charge on any atom is -0.493 e. The van der Waals surface area contributed by atoms with Crippen molar-refractivity contribution < 1.29 is 14.2 Å². The number of halogens is 1. The van der Waals surface area contributed by atoms with Crippen LogP contribution in [-0.2, 0) is 11.3 Å². The fraction of sp³-hybridized carbons (Fsp3) is 0.429. The summed E-state index contributed by atoms with van der Waals surface area (Å²) in [5.74, 6) is 1.49. The minimum atomic E-state index is 0.293. The van der Waals surface area contributed by atoms with E-state index in [2.05, 4.69) is 34.5 Å². The summed E-state index contributed by atoms with van der Waals surface area (Å²) in [6.07, 6.45) is 0. The van der Waals surface area contributed by atoms with Gasteiger partial charge in [0, 0.05) is 44.4 Å². The Balaban J connectivity index is 1.74. The van der Waals surface area contributed by atoms with E-state index in [-0.39, 0.29) is 0 Å². The number of benzene rings is 2. The molecule has 2 aromatic rings. The topological polar surface area (TPSA) is 43.0 Å². The van der Waals surface area contributed by atoms with Crippen LogP contribution < -0.4 is 14.8 Å². The Morgan fingerprint density at radius 1 is 1.11 bits per heavy atom. The first kappa shape index (κ1) is 20.0. The molecular formula is C21H27ClN2O3. The van der Waals surface area contributed by atoms with Gasteiger partial charge in [0.1, 0.15) is 6.61 Å². The van der Waals surface area contributed by atoms with Gasteiger partial charge in [-0.25, -0.2) is 0 Å². The monoisotopic (exact) mass is 390 g/mol. The lowest BCUT2D eigenvalue weighted by molar-refractivity contribution is 0.143. The maximum Gasteiger partial charge on any atom is 0.161 e. The molecule has 0 saturated carbocycles. The highest BCUT2D eigenvalue weighted by molar-refractivity contribution is 6.30. The quantitative estimate of drug-likeness (QED) is 0.698. The molecule has 1 aliphatic heterocycles. The van der Waals surface area contributed by atoms with Crippen molar-refractivity contribution in [1.29, 1.82) is 0 Å². The molecule has 1 saturated heterocycles. The fourth-order valence-electron chi connectivity index (χ4n) is 3.38. The average molecular weight is 391 g/mol. The zero-order valence-corrected chi connectivity index (χ0v) is 16.7. The summed E-state index contributed by atoms with van der Waals surface area (Å²) in [6.45, 7) is 4.76. The van der Waals surface area contributed by atoms with E-state index in [0.717, 1.165) is 42.7 Å². The number of rotatable bonds is 8. The molecule has 1 unspecified atom stereocenters. The molecule has 0 amide bonds. The van der Waals surface area contributed by atoms with Crippen molar-refractivity contribution >= 4 is 11.6 Å². The third-order valence-electron chi connectivity index (χ3n) is 4.75. The van der Waals surface area contributed by atoms with Crippen molar-refractivity contribution in [3.8, 4) is 11.5 Å². The van der Waals surface area contributed by atoms with Crippen LogP contribution in [0.15, 0.2) is 42.5 Å². The van der Waals surface area contributed by atoms with E-state index >= 15 is 0 Å². The first-order valence-corrected chi connectivity index (χ1v) is 9.58. The molecule has 6 heteroatoms. The molecule has 1 N–H and O–H groups in total. The summed E-state index contributed by atoms with van der Waals surface area (Å²) in [5, 5.41) is 4.26. The maximum atomic E-state index is 6.20. The van der Waals surface area contributed by atoms with Crippen LogP contribution in [0.4, 0.5) is 0 Å². The fourth-order valence-corrected chi connectivity index (χ4v) is 3.58. The van der Waals surface area contributed by atoms with E-state index in [1.807, 2.05) is 18.2 Å². The highest BCUT2D eigenvalue weighted by Gasteiger charge is 2.24. The molecule has 2 aromatic carbocycles. The number of methoxy groups -OCH3 is 2. The molecule has 1 aliphatic rings. The Bertz CT molecular complexity index is 741. The van der Waals surface area contributed by atoms with Gasteiger partial charge in [0.25, 0.3) is 0 Å². The van der Waals surface area contributed by atoms with Crippen molar-refractivity contribution in [2.75, 3.05) is 47.1 Å². The maximum absolute atomic E-state index is 6.20. The van der Waals surface area contributed by atoms with E-state index in [0.29, 0.717) is 19.3 Å². The summed E-state index contributed by atoms with van der Waals surface area (Å²) in [7, 11) is 3.33. The summed E-state index contributed by atoms with van der Waals surface area (Å²) < 4.78 is 16.3. The Labute approximate surface area is 166 Å². The molecular weight excluding hydrogens is 364 g/mol. The van der Waals surface area contributed by atoms with Crippen molar-refractivity contribution in [3.63, 3.8) is 0 Å². The van der Waals surface area contributed by atoms with Crippen LogP contribution in [-0.4, -0.2) is 52.0 Å². The Hall–Kier alpha value is -1.79. The van der Waals surface area contributed by atoms with Crippen LogP contribution in [0, 0.1) is 0 Å². The molecule has 0 aliphatic carbocycles. The zero-order chi connectivity index (χ0) is 19.1. The molecule has 5 nitrogen and oxygen atoms in total. The molecule has 1 heterocycles. The van der Waals surface area contributed by atoms with Crippen LogP contribution in [0.5, 0.6) is 11.5 Å². The van der Waals surface area contributed by atoms with E-state index in [9.17, 15) is 0 Å². The summed E-state index contributed by atoms with van der Waals surface area (Å²) >= 11 is 6.20. The minimum absolute atomic E-state index is 0.293. The second-order valence-electron chi connectivity index (χ2n) is 6.57. The second kappa shape index (κ2) is 9.95. The van der Waals surface area contributed by atoms with Gasteiger partial charge in [0.05, 0.1) is 13.7 Å². The molecule has 0 bridgehead atoms.